The lowest BCUT2D eigenvalue weighted by Gasteiger charge is -2.02. The van der Waals surface area contributed by atoms with Crippen molar-refractivity contribution < 1.29 is 4.79 Å². The molecule has 0 spiro atoms. The average molecular weight is 224 g/mol. The van der Waals surface area contributed by atoms with E-state index in [0.717, 1.165) is 0 Å². The highest BCUT2D eigenvalue weighted by Crippen LogP contribution is 2.12. The van der Waals surface area contributed by atoms with Crippen LogP contribution in [-0.2, 0) is 11.3 Å². The Labute approximate surface area is 88.3 Å². The maximum Gasteiger partial charge on any atom is 0.262 e. The first-order valence-electron chi connectivity index (χ1n) is 4.14. The minimum Gasteiger partial charge on any atom is -0.293 e. The van der Waals surface area contributed by atoms with Crippen molar-refractivity contribution in [2.24, 2.45) is 5.84 Å². The van der Waals surface area contributed by atoms with Gasteiger partial charge in [-0.25, -0.2) is 10.8 Å². The molecular weight excluding hydrogens is 216 g/mol. The fourth-order valence-corrected chi connectivity index (χ4v) is 1.93. The summed E-state index contributed by atoms with van der Waals surface area (Å²) in [5.74, 6) is 4.49. The van der Waals surface area contributed by atoms with Crippen LogP contribution in [0, 0.1) is 0 Å². The number of nitrogens with two attached hydrogens (primary N) is 1. The molecule has 0 bridgehead atoms. The van der Waals surface area contributed by atoms with Gasteiger partial charge in [0.2, 0.25) is 0 Å². The second-order valence-electron chi connectivity index (χ2n) is 2.88. The zero-order chi connectivity index (χ0) is 10.8. The number of hydrazine groups is 1. The molecule has 0 radical (unpaired) electrons. The van der Waals surface area contributed by atoms with E-state index in [2.05, 4.69) is 4.98 Å². The van der Waals surface area contributed by atoms with Gasteiger partial charge in [-0.1, -0.05) is 0 Å². The van der Waals surface area contributed by atoms with Gasteiger partial charge in [0.15, 0.2) is 0 Å². The Kier molecular flexibility index (Phi) is 2.48. The van der Waals surface area contributed by atoms with E-state index >= 15 is 0 Å². The largest absolute Gasteiger partial charge is 0.293 e. The van der Waals surface area contributed by atoms with E-state index in [9.17, 15) is 9.59 Å². The molecule has 78 valence electrons. The van der Waals surface area contributed by atoms with Gasteiger partial charge in [0.25, 0.3) is 11.5 Å². The number of carbonyl (C=O) groups is 1. The van der Waals surface area contributed by atoms with Crippen LogP contribution in [0.15, 0.2) is 22.6 Å². The molecule has 0 aliphatic rings. The Bertz CT molecular complexity index is 559. The molecular formula is C8H8N4O2S. The van der Waals surface area contributed by atoms with Gasteiger partial charge in [0.05, 0.1) is 11.7 Å². The van der Waals surface area contributed by atoms with Crippen molar-refractivity contribution in [1.82, 2.24) is 15.0 Å². The van der Waals surface area contributed by atoms with Crippen LogP contribution in [-0.4, -0.2) is 15.5 Å². The molecule has 1 amide bonds. The minimum atomic E-state index is -0.437. The third-order valence-electron chi connectivity index (χ3n) is 1.93. The molecule has 2 heterocycles. The number of nitrogens with one attached hydrogen (secondary N) is 1. The SMILES string of the molecule is NNC(=O)Cn1cnc2sccc2c1=O. The van der Waals surface area contributed by atoms with Crippen molar-refractivity contribution in [3.63, 3.8) is 0 Å². The van der Waals surface area contributed by atoms with Crippen LogP contribution >= 0.6 is 11.3 Å². The number of hydrogen-bond acceptors (Lipinski definition) is 5. The minimum absolute atomic E-state index is 0.117. The van der Waals surface area contributed by atoms with E-state index in [-0.39, 0.29) is 12.1 Å². The van der Waals surface area contributed by atoms with E-state index in [1.807, 2.05) is 5.43 Å². The molecule has 0 aliphatic heterocycles. The molecule has 0 saturated carbocycles. The third kappa shape index (κ3) is 1.74. The Morgan fingerprint density at radius 1 is 1.67 bits per heavy atom. The van der Waals surface area contributed by atoms with Crippen LogP contribution < -0.4 is 16.8 Å². The highest BCUT2D eigenvalue weighted by molar-refractivity contribution is 7.16. The summed E-state index contributed by atoms with van der Waals surface area (Å²) in [6.45, 7) is -0.117. The standard InChI is InChI=1S/C8H8N4O2S/c9-11-6(13)3-12-4-10-7-5(8(12)14)1-2-15-7/h1-2,4H,3,9H2,(H,11,13). The molecule has 0 fully saturated rings. The van der Waals surface area contributed by atoms with Gasteiger partial charge in [-0.3, -0.25) is 19.6 Å². The number of amides is 1. The van der Waals surface area contributed by atoms with Gasteiger partial charge in [-0.05, 0) is 11.4 Å². The van der Waals surface area contributed by atoms with Crippen LogP contribution in [0.3, 0.4) is 0 Å². The molecule has 2 aromatic rings. The van der Waals surface area contributed by atoms with Crippen molar-refractivity contribution in [3.8, 4) is 0 Å². The zero-order valence-electron chi connectivity index (χ0n) is 7.64. The molecule has 0 aliphatic carbocycles. The zero-order valence-corrected chi connectivity index (χ0v) is 8.45. The van der Waals surface area contributed by atoms with Crippen LogP contribution in [0.25, 0.3) is 10.2 Å². The number of rotatable bonds is 2. The van der Waals surface area contributed by atoms with Gasteiger partial charge in [-0.2, -0.15) is 0 Å². The van der Waals surface area contributed by atoms with Crippen LogP contribution in [0.1, 0.15) is 0 Å². The fraction of sp³-hybridized carbons (Fsp3) is 0.125. The van der Waals surface area contributed by atoms with Crippen molar-refractivity contribution in [3.05, 3.63) is 28.1 Å². The molecule has 3 N–H and O–H groups in total. The highest BCUT2D eigenvalue weighted by atomic mass is 32.1. The predicted molar refractivity (Wildman–Crippen MR) is 56.2 cm³/mol. The van der Waals surface area contributed by atoms with Crippen molar-refractivity contribution in [2.75, 3.05) is 0 Å². The second kappa shape index (κ2) is 3.79. The fourth-order valence-electron chi connectivity index (χ4n) is 1.21. The summed E-state index contributed by atoms with van der Waals surface area (Å²) in [7, 11) is 0. The topological polar surface area (TPSA) is 90.0 Å². The molecule has 2 rings (SSSR count). The number of fused-ring (bicyclic) bond motifs is 1. The summed E-state index contributed by atoms with van der Waals surface area (Å²) in [5, 5.41) is 2.30. The number of carbonyl (C=O) groups excluding carboxylic acids is 1. The Hall–Kier alpha value is -1.73. The Morgan fingerprint density at radius 2 is 2.47 bits per heavy atom. The maximum absolute atomic E-state index is 11.7. The number of hydrogen-bond donors (Lipinski definition) is 2. The molecule has 15 heavy (non-hydrogen) atoms. The third-order valence-corrected chi connectivity index (χ3v) is 2.75. The molecule has 7 heteroatoms. The van der Waals surface area contributed by atoms with E-state index in [0.29, 0.717) is 10.2 Å². The maximum atomic E-state index is 11.7. The Balaban J connectivity index is 2.48. The van der Waals surface area contributed by atoms with Gasteiger partial charge >= 0.3 is 0 Å². The lowest BCUT2D eigenvalue weighted by Crippen LogP contribution is -2.36. The van der Waals surface area contributed by atoms with E-state index in [1.54, 1.807) is 11.4 Å². The summed E-state index contributed by atoms with van der Waals surface area (Å²) in [6, 6.07) is 1.69. The predicted octanol–water partition coefficient (Wildman–Crippen LogP) is -0.552. The summed E-state index contributed by atoms with van der Waals surface area (Å²) < 4.78 is 1.22. The van der Waals surface area contributed by atoms with E-state index in [4.69, 9.17) is 5.84 Å². The first kappa shape index (κ1) is 9.81. The average Bonchev–Trinajstić information content (AvgIpc) is 2.70. The number of aromatic nitrogens is 2. The molecule has 0 unspecified atom stereocenters. The van der Waals surface area contributed by atoms with Gasteiger partial charge in [-0.15, -0.1) is 11.3 Å². The highest BCUT2D eigenvalue weighted by Gasteiger charge is 2.07. The molecule has 2 aromatic heterocycles. The molecule has 6 nitrogen and oxygen atoms in total. The van der Waals surface area contributed by atoms with Gasteiger partial charge < -0.3 is 0 Å². The smallest absolute Gasteiger partial charge is 0.262 e. The molecule has 0 atom stereocenters. The lowest BCUT2D eigenvalue weighted by atomic mass is 10.4. The van der Waals surface area contributed by atoms with Crippen LogP contribution in [0.2, 0.25) is 0 Å². The monoisotopic (exact) mass is 224 g/mol. The van der Waals surface area contributed by atoms with Gasteiger partial charge in [0, 0.05) is 0 Å². The summed E-state index contributed by atoms with van der Waals surface area (Å²) in [6.07, 6.45) is 1.34. The normalized spacial score (nSPS) is 10.5. The molecule has 0 saturated heterocycles. The summed E-state index contributed by atoms with van der Waals surface area (Å²) in [4.78, 5) is 27.5. The van der Waals surface area contributed by atoms with Crippen LogP contribution in [0.4, 0.5) is 0 Å². The Morgan fingerprint density at radius 3 is 3.20 bits per heavy atom. The second-order valence-corrected chi connectivity index (χ2v) is 3.78. The van der Waals surface area contributed by atoms with E-state index < -0.39 is 5.91 Å². The number of nitrogens with zero attached hydrogens (tertiary/aromatic N) is 2. The van der Waals surface area contributed by atoms with Crippen LogP contribution in [0.5, 0.6) is 0 Å². The molecule has 0 aromatic carbocycles. The quantitative estimate of drug-likeness (QED) is 0.407. The van der Waals surface area contributed by atoms with Crippen molar-refractivity contribution in [2.45, 2.75) is 6.54 Å². The van der Waals surface area contributed by atoms with Crippen molar-refractivity contribution >= 4 is 27.5 Å². The first-order valence-corrected chi connectivity index (χ1v) is 5.02. The first-order chi connectivity index (χ1) is 7.22. The lowest BCUT2D eigenvalue weighted by molar-refractivity contribution is -0.121. The van der Waals surface area contributed by atoms with E-state index in [1.165, 1.54) is 22.2 Å². The van der Waals surface area contributed by atoms with Crippen molar-refractivity contribution in [1.29, 1.82) is 0 Å². The summed E-state index contributed by atoms with van der Waals surface area (Å²) in [5.41, 5.74) is 1.73. The van der Waals surface area contributed by atoms with Gasteiger partial charge in [0.1, 0.15) is 11.4 Å². The summed E-state index contributed by atoms with van der Waals surface area (Å²) >= 11 is 1.39. The number of thiophene rings is 1.